The molecule has 4 nitrogen and oxygen atoms in total. The Morgan fingerprint density at radius 2 is 2.16 bits per heavy atom. The van der Waals surface area contributed by atoms with E-state index in [-0.39, 0.29) is 16.7 Å². The van der Waals surface area contributed by atoms with E-state index in [9.17, 15) is 13.5 Å². The number of aromatic hydroxyl groups is 1. The Balaban J connectivity index is 2.31. The molecule has 1 aliphatic rings. The predicted molar refractivity (Wildman–Crippen MR) is 74.5 cm³/mol. The quantitative estimate of drug-likeness (QED) is 0.924. The molecule has 1 aliphatic heterocycles. The zero-order valence-electron chi connectivity index (χ0n) is 11.2. The van der Waals surface area contributed by atoms with Gasteiger partial charge in [0.25, 0.3) is 0 Å². The second-order valence-corrected chi connectivity index (χ2v) is 6.94. The Morgan fingerprint density at radius 1 is 1.37 bits per heavy atom. The van der Waals surface area contributed by atoms with E-state index in [1.54, 1.807) is 16.4 Å². The van der Waals surface area contributed by atoms with Crippen molar-refractivity contribution in [1.82, 2.24) is 4.31 Å². The van der Waals surface area contributed by atoms with Crippen molar-refractivity contribution in [1.29, 1.82) is 0 Å². The van der Waals surface area contributed by atoms with Crippen LogP contribution in [-0.2, 0) is 10.0 Å². The van der Waals surface area contributed by atoms with Gasteiger partial charge in [0.15, 0.2) is 0 Å². The van der Waals surface area contributed by atoms with E-state index < -0.39 is 10.0 Å². The number of rotatable bonds is 4. The molecule has 0 bridgehead atoms. The van der Waals surface area contributed by atoms with Crippen LogP contribution in [0, 0.1) is 0 Å². The third-order valence-corrected chi connectivity index (χ3v) is 5.57. The topological polar surface area (TPSA) is 57.6 Å². The summed E-state index contributed by atoms with van der Waals surface area (Å²) in [6.07, 6.45) is 4.83. The standard InChI is InChI=1S/C14H21NO3S/c1-2-6-12-7-3-4-10-15(12)19(17,18)14-9-5-8-13(16)11-14/h5,8-9,11-12,16H,2-4,6-7,10H2,1H3. The maximum absolute atomic E-state index is 12.6. The SMILES string of the molecule is CCCC1CCCCN1S(=O)(=O)c1cccc(O)c1. The zero-order chi connectivity index (χ0) is 13.9. The molecule has 0 spiro atoms. The highest BCUT2D eigenvalue weighted by atomic mass is 32.2. The third kappa shape index (κ3) is 3.09. The molecule has 1 atom stereocenters. The van der Waals surface area contributed by atoms with Crippen LogP contribution in [0.5, 0.6) is 5.75 Å². The maximum Gasteiger partial charge on any atom is 0.243 e. The number of piperidine rings is 1. The molecule has 1 aromatic carbocycles. The van der Waals surface area contributed by atoms with E-state index in [2.05, 4.69) is 6.92 Å². The summed E-state index contributed by atoms with van der Waals surface area (Å²) >= 11 is 0. The van der Waals surface area contributed by atoms with Crippen molar-refractivity contribution in [3.63, 3.8) is 0 Å². The van der Waals surface area contributed by atoms with E-state index in [0.717, 1.165) is 32.1 Å². The van der Waals surface area contributed by atoms with Crippen molar-refractivity contribution >= 4 is 10.0 Å². The fourth-order valence-electron chi connectivity index (χ4n) is 2.69. The Hall–Kier alpha value is -1.07. The lowest BCUT2D eigenvalue weighted by Crippen LogP contribution is -2.43. The molecule has 0 amide bonds. The van der Waals surface area contributed by atoms with Gasteiger partial charge >= 0.3 is 0 Å². The van der Waals surface area contributed by atoms with Crippen LogP contribution < -0.4 is 0 Å². The summed E-state index contributed by atoms with van der Waals surface area (Å²) in [4.78, 5) is 0.190. The van der Waals surface area contributed by atoms with Crippen molar-refractivity contribution < 1.29 is 13.5 Å². The summed E-state index contributed by atoms with van der Waals surface area (Å²) in [6, 6.07) is 6.03. The van der Waals surface area contributed by atoms with Crippen LogP contribution in [0.2, 0.25) is 0 Å². The van der Waals surface area contributed by atoms with Crippen LogP contribution in [0.1, 0.15) is 39.0 Å². The van der Waals surface area contributed by atoms with Crippen LogP contribution in [0.4, 0.5) is 0 Å². The van der Waals surface area contributed by atoms with Crippen molar-refractivity contribution in [2.75, 3.05) is 6.54 Å². The Morgan fingerprint density at radius 3 is 2.84 bits per heavy atom. The number of hydrogen-bond donors (Lipinski definition) is 1. The molecule has 0 radical (unpaired) electrons. The van der Waals surface area contributed by atoms with Gasteiger partial charge in [0.05, 0.1) is 4.90 Å². The van der Waals surface area contributed by atoms with Gasteiger partial charge in [0.1, 0.15) is 5.75 Å². The van der Waals surface area contributed by atoms with E-state index >= 15 is 0 Å². The smallest absolute Gasteiger partial charge is 0.243 e. The second kappa shape index (κ2) is 5.92. The summed E-state index contributed by atoms with van der Waals surface area (Å²) in [5, 5.41) is 9.46. The second-order valence-electron chi connectivity index (χ2n) is 5.05. The molecule has 0 saturated carbocycles. The highest BCUT2D eigenvalue weighted by molar-refractivity contribution is 7.89. The lowest BCUT2D eigenvalue weighted by molar-refractivity contribution is 0.239. The number of nitrogens with zero attached hydrogens (tertiary/aromatic N) is 1. The fourth-order valence-corrected chi connectivity index (χ4v) is 4.46. The number of hydrogen-bond acceptors (Lipinski definition) is 3. The molecule has 5 heteroatoms. The molecule has 0 aliphatic carbocycles. The summed E-state index contributed by atoms with van der Waals surface area (Å²) in [5.74, 6) is -0.00914. The monoisotopic (exact) mass is 283 g/mol. The lowest BCUT2D eigenvalue weighted by Gasteiger charge is -2.34. The van der Waals surface area contributed by atoms with Crippen LogP contribution in [0.3, 0.4) is 0 Å². The third-order valence-electron chi connectivity index (χ3n) is 3.62. The molecule has 2 rings (SSSR count). The number of sulfonamides is 1. The molecule has 1 saturated heterocycles. The average molecular weight is 283 g/mol. The van der Waals surface area contributed by atoms with Crippen molar-refractivity contribution in [2.24, 2.45) is 0 Å². The van der Waals surface area contributed by atoms with E-state index in [1.807, 2.05) is 0 Å². The summed E-state index contributed by atoms with van der Waals surface area (Å²) < 4.78 is 26.9. The molecule has 1 fully saturated rings. The average Bonchev–Trinajstić information content (AvgIpc) is 2.39. The predicted octanol–water partition coefficient (Wildman–Crippen LogP) is 2.74. The first-order valence-corrected chi connectivity index (χ1v) is 8.30. The summed E-state index contributed by atoms with van der Waals surface area (Å²) in [6.45, 7) is 2.66. The Kier molecular flexibility index (Phi) is 4.47. The van der Waals surface area contributed by atoms with Crippen LogP contribution >= 0.6 is 0 Å². The van der Waals surface area contributed by atoms with Gasteiger partial charge in [-0.1, -0.05) is 25.8 Å². The molecule has 106 valence electrons. The Labute approximate surface area is 115 Å². The van der Waals surface area contributed by atoms with Crippen molar-refractivity contribution in [3.05, 3.63) is 24.3 Å². The molecular weight excluding hydrogens is 262 g/mol. The maximum atomic E-state index is 12.6. The van der Waals surface area contributed by atoms with Crippen LogP contribution in [0.25, 0.3) is 0 Å². The first-order chi connectivity index (χ1) is 9.05. The van der Waals surface area contributed by atoms with Gasteiger partial charge in [-0.2, -0.15) is 4.31 Å². The van der Waals surface area contributed by atoms with Crippen molar-refractivity contribution in [3.8, 4) is 5.75 Å². The lowest BCUT2D eigenvalue weighted by atomic mass is 10.0. The van der Waals surface area contributed by atoms with Gasteiger partial charge < -0.3 is 5.11 Å². The summed E-state index contributed by atoms with van der Waals surface area (Å²) in [5.41, 5.74) is 0. The van der Waals surface area contributed by atoms with Gasteiger partial charge in [-0.15, -0.1) is 0 Å². The van der Waals surface area contributed by atoms with Crippen molar-refractivity contribution in [2.45, 2.75) is 50.0 Å². The van der Waals surface area contributed by atoms with Gasteiger partial charge in [0.2, 0.25) is 10.0 Å². The largest absolute Gasteiger partial charge is 0.508 e. The minimum atomic E-state index is -3.48. The molecular formula is C14H21NO3S. The highest BCUT2D eigenvalue weighted by Crippen LogP contribution is 2.28. The highest BCUT2D eigenvalue weighted by Gasteiger charge is 2.32. The molecule has 1 heterocycles. The molecule has 1 unspecified atom stereocenters. The minimum absolute atomic E-state index is 0.00914. The van der Waals surface area contributed by atoms with Gasteiger partial charge in [-0.25, -0.2) is 8.42 Å². The first-order valence-electron chi connectivity index (χ1n) is 6.86. The number of phenols is 1. The normalized spacial score (nSPS) is 21.4. The van der Waals surface area contributed by atoms with Gasteiger partial charge in [-0.05, 0) is 37.5 Å². The van der Waals surface area contributed by atoms with Gasteiger partial charge in [0, 0.05) is 12.6 Å². The molecule has 1 aromatic rings. The van der Waals surface area contributed by atoms with Crippen LogP contribution in [0.15, 0.2) is 29.2 Å². The fraction of sp³-hybridized carbons (Fsp3) is 0.571. The van der Waals surface area contributed by atoms with Crippen LogP contribution in [-0.4, -0.2) is 30.4 Å². The van der Waals surface area contributed by atoms with Gasteiger partial charge in [-0.3, -0.25) is 0 Å². The van der Waals surface area contributed by atoms with E-state index in [0.29, 0.717) is 6.54 Å². The summed E-state index contributed by atoms with van der Waals surface area (Å²) in [7, 11) is -3.48. The zero-order valence-corrected chi connectivity index (χ0v) is 12.1. The van der Waals surface area contributed by atoms with E-state index in [4.69, 9.17) is 0 Å². The first kappa shape index (κ1) is 14.3. The minimum Gasteiger partial charge on any atom is -0.508 e. The number of phenolic OH excluding ortho intramolecular Hbond substituents is 1. The Bertz CT molecular complexity index is 525. The number of benzene rings is 1. The molecule has 1 N–H and O–H groups in total. The molecule has 19 heavy (non-hydrogen) atoms. The molecule has 0 aromatic heterocycles. The van der Waals surface area contributed by atoms with E-state index in [1.165, 1.54) is 12.1 Å².